The standard InChI is InChI=1S/C9H12Cl2N2/c1-3-4-7-5-8(11)13-9(12-7)6(2)10/h5-6H,3-4H2,1-2H3. The van der Waals surface area contributed by atoms with Gasteiger partial charge in [0.05, 0.1) is 5.38 Å². The second kappa shape index (κ2) is 4.77. The molecule has 13 heavy (non-hydrogen) atoms. The van der Waals surface area contributed by atoms with Gasteiger partial charge in [0.2, 0.25) is 0 Å². The molecule has 1 aromatic heterocycles. The molecule has 0 amide bonds. The third kappa shape index (κ3) is 3.12. The first kappa shape index (κ1) is 10.7. The fraction of sp³-hybridized carbons (Fsp3) is 0.556. The van der Waals surface area contributed by atoms with Crippen LogP contribution in [0.15, 0.2) is 6.07 Å². The zero-order valence-corrected chi connectivity index (χ0v) is 9.23. The molecule has 0 radical (unpaired) electrons. The lowest BCUT2D eigenvalue weighted by Crippen LogP contribution is -2.00. The van der Waals surface area contributed by atoms with Crippen LogP contribution in [-0.2, 0) is 6.42 Å². The summed E-state index contributed by atoms with van der Waals surface area (Å²) in [5.41, 5.74) is 0.963. The molecule has 1 rings (SSSR count). The van der Waals surface area contributed by atoms with E-state index in [1.807, 2.05) is 6.92 Å². The van der Waals surface area contributed by atoms with Crippen LogP contribution in [-0.4, -0.2) is 9.97 Å². The Morgan fingerprint density at radius 2 is 2.15 bits per heavy atom. The largest absolute Gasteiger partial charge is 0.236 e. The van der Waals surface area contributed by atoms with Crippen LogP contribution >= 0.6 is 23.2 Å². The van der Waals surface area contributed by atoms with Crippen LogP contribution in [0.1, 0.15) is 37.2 Å². The Balaban J connectivity index is 2.96. The first-order valence-corrected chi connectivity index (χ1v) is 5.12. The van der Waals surface area contributed by atoms with Crippen molar-refractivity contribution >= 4 is 23.2 Å². The highest BCUT2D eigenvalue weighted by atomic mass is 35.5. The van der Waals surface area contributed by atoms with Gasteiger partial charge in [-0.3, -0.25) is 0 Å². The van der Waals surface area contributed by atoms with Gasteiger partial charge in [-0.25, -0.2) is 9.97 Å². The zero-order valence-electron chi connectivity index (χ0n) is 7.72. The van der Waals surface area contributed by atoms with Gasteiger partial charge in [0, 0.05) is 5.69 Å². The van der Waals surface area contributed by atoms with Crippen molar-refractivity contribution in [2.24, 2.45) is 0 Å². The molecule has 0 bridgehead atoms. The maximum absolute atomic E-state index is 5.86. The Kier molecular flexibility index (Phi) is 3.94. The number of hydrogen-bond acceptors (Lipinski definition) is 2. The third-order valence-corrected chi connectivity index (χ3v) is 2.02. The highest BCUT2D eigenvalue weighted by molar-refractivity contribution is 6.29. The SMILES string of the molecule is CCCc1cc(Cl)nc(C(C)Cl)n1. The smallest absolute Gasteiger partial charge is 0.147 e. The number of halogens is 2. The molecule has 1 aromatic rings. The summed E-state index contributed by atoms with van der Waals surface area (Å²) >= 11 is 11.7. The number of nitrogens with zero attached hydrogens (tertiary/aromatic N) is 2. The molecule has 1 unspecified atom stereocenters. The molecule has 0 aliphatic carbocycles. The fourth-order valence-corrected chi connectivity index (χ4v) is 1.36. The van der Waals surface area contributed by atoms with E-state index >= 15 is 0 Å². The van der Waals surface area contributed by atoms with Gasteiger partial charge in [-0.1, -0.05) is 24.9 Å². The summed E-state index contributed by atoms with van der Waals surface area (Å²) in [4.78, 5) is 8.33. The molecule has 0 aliphatic rings. The van der Waals surface area contributed by atoms with Crippen molar-refractivity contribution in [3.63, 3.8) is 0 Å². The van der Waals surface area contributed by atoms with Gasteiger partial charge >= 0.3 is 0 Å². The summed E-state index contributed by atoms with van der Waals surface area (Å²) in [6.07, 6.45) is 1.96. The molecule has 2 nitrogen and oxygen atoms in total. The predicted molar refractivity (Wildman–Crippen MR) is 55.3 cm³/mol. The molecule has 1 heterocycles. The normalized spacial score (nSPS) is 12.9. The second-order valence-corrected chi connectivity index (χ2v) is 3.95. The Bertz CT molecular complexity index is 287. The van der Waals surface area contributed by atoms with Crippen LogP contribution in [0.25, 0.3) is 0 Å². The molecule has 1 atom stereocenters. The fourth-order valence-electron chi connectivity index (χ4n) is 1.05. The van der Waals surface area contributed by atoms with Gasteiger partial charge in [0.1, 0.15) is 11.0 Å². The van der Waals surface area contributed by atoms with E-state index in [4.69, 9.17) is 23.2 Å². The highest BCUT2D eigenvalue weighted by Gasteiger charge is 2.07. The molecule has 0 saturated heterocycles. The number of hydrogen-bond donors (Lipinski definition) is 0. The van der Waals surface area contributed by atoms with Crippen molar-refractivity contribution in [3.8, 4) is 0 Å². The van der Waals surface area contributed by atoms with Gasteiger partial charge in [-0.2, -0.15) is 0 Å². The zero-order chi connectivity index (χ0) is 9.84. The van der Waals surface area contributed by atoms with Gasteiger partial charge in [-0.15, -0.1) is 11.6 Å². The summed E-state index contributed by atoms with van der Waals surface area (Å²) < 4.78 is 0. The monoisotopic (exact) mass is 218 g/mol. The van der Waals surface area contributed by atoms with E-state index in [0.717, 1.165) is 18.5 Å². The first-order valence-electron chi connectivity index (χ1n) is 4.31. The maximum atomic E-state index is 5.86. The molecule has 0 N–H and O–H groups in total. The summed E-state index contributed by atoms with van der Waals surface area (Å²) in [5.74, 6) is 0.609. The minimum absolute atomic E-state index is 0.186. The molecule has 0 spiro atoms. The molecular formula is C9H12Cl2N2. The van der Waals surface area contributed by atoms with Crippen LogP contribution in [0.4, 0.5) is 0 Å². The molecular weight excluding hydrogens is 207 g/mol. The Labute approximate surface area is 88.3 Å². The summed E-state index contributed by atoms with van der Waals surface area (Å²) in [6.45, 7) is 3.93. The number of aromatic nitrogens is 2. The second-order valence-electron chi connectivity index (χ2n) is 2.91. The Morgan fingerprint density at radius 3 is 2.69 bits per heavy atom. The van der Waals surface area contributed by atoms with Crippen LogP contribution in [0, 0.1) is 0 Å². The van der Waals surface area contributed by atoms with Crippen molar-refractivity contribution < 1.29 is 0 Å². The van der Waals surface area contributed by atoms with E-state index < -0.39 is 0 Å². The van der Waals surface area contributed by atoms with E-state index in [9.17, 15) is 0 Å². The molecule has 0 fully saturated rings. The van der Waals surface area contributed by atoms with Gasteiger partial charge < -0.3 is 0 Å². The summed E-state index contributed by atoms with van der Waals surface area (Å²) in [5, 5.41) is 0.287. The van der Waals surface area contributed by atoms with Crippen molar-refractivity contribution in [1.82, 2.24) is 9.97 Å². The van der Waals surface area contributed by atoms with E-state index in [1.54, 1.807) is 6.07 Å². The third-order valence-electron chi connectivity index (χ3n) is 1.63. The lowest BCUT2D eigenvalue weighted by molar-refractivity contribution is 0.824. The summed E-state index contributed by atoms with van der Waals surface area (Å²) in [6, 6.07) is 1.79. The Morgan fingerprint density at radius 1 is 1.46 bits per heavy atom. The average molecular weight is 219 g/mol. The minimum atomic E-state index is -0.186. The quantitative estimate of drug-likeness (QED) is 0.575. The lowest BCUT2D eigenvalue weighted by atomic mass is 10.2. The van der Waals surface area contributed by atoms with Gasteiger partial charge in [0.25, 0.3) is 0 Å². The molecule has 72 valence electrons. The van der Waals surface area contributed by atoms with Gasteiger partial charge in [-0.05, 0) is 19.4 Å². The van der Waals surface area contributed by atoms with E-state index in [-0.39, 0.29) is 5.38 Å². The van der Waals surface area contributed by atoms with E-state index in [2.05, 4.69) is 16.9 Å². The Hall–Kier alpha value is -0.340. The first-order chi connectivity index (χ1) is 6.13. The summed E-state index contributed by atoms with van der Waals surface area (Å²) in [7, 11) is 0. The number of alkyl halides is 1. The van der Waals surface area contributed by atoms with Crippen molar-refractivity contribution in [3.05, 3.63) is 22.7 Å². The van der Waals surface area contributed by atoms with E-state index in [0.29, 0.717) is 11.0 Å². The van der Waals surface area contributed by atoms with Crippen LogP contribution in [0.3, 0.4) is 0 Å². The molecule has 0 aliphatic heterocycles. The molecule has 4 heteroatoms. The van der Waals surface area contributed by atoms with Crippen molar-refractivity contribution in [2.75, 3.05) is 0 Å². The van der Waals surface area contributed by atoms with Crippen LogP contribution in [0.2, 0.25) is 5.15 Å². The predicted octanol–water partition coefficient (Wildman–Crippen LogP) is 3.38. The topological polar surface area (TPSA) is 25.8 Å². The van der Waals surface area contributed by atoms with E-state index in [1.165, 1.54) is 0 Å². The molecule has 0 aromatic carbocycles. The number of aryl methyl sites for hydroxylation is 1. The maximum Gasteiger partial charge on any atom is 0.147 e. The van der Waals surface area contributed by atoms with Crippen LogP contribution in [0.5, 0.6) is 0 Å². The van der Waals surface area contributed by atoms with Crippen molar-refractivity contribution in [2.45, 2.75) is 32.1 Å². The van der Waals surface area contributed by atoms with Gasteiger partial charge in [0.15, 0.2) is 0 Å². The highest BCUT2D eigenvalue weighted by Crippen LogP contribution is 2.18. The van der Waals surface area contributed by atoms with Crippen molar-refractivity contribution in [1.29, 1.82) is 0 Å². The lowest BCUT2D eigenvalue weighted by Gasteiger charge is -2.04. The average Bonchev–Trinajstić information content (AvgIpc) is 2.03. The van der Waals surface area contributed by atoms with Crippen LogP contribution < -0.4 is 0 Å². The number of rotatable bonds is 3. The molecule has 0 saturated carbocycles. The minimum Gasteiger partial charge on any atom is -0.236 e.